The van der Waals surface area contributed by atoms with Gasteiger partial charge in [0.2, 0.25) is 5.89 Å². The molecule has 0 unspecified atom stereocenters. The summed E-state index contributed by atoms with van der Waals surface area (Å²) < 4.78 is 60.0. The Morgan fingerprint density at radius 2 is 1.80 bits per heavy atom. The second-order valence-electron chi connectivity index (χ2n) is 6.43. The van der Waals surface area contributed by atoms with Crippen LogP contribution in [-0.2, 0) is 0 Å². The van der Waals surface area contributed by atoms with E-state index < -0.39 is 34.2 Å². The number of oxazole rings is 1. The fraction of sp³-hybridized carbons (Fsp3) is 0.0476. The largest absolute Gasteiger partial charge is 0.436 e. The summed E-state index contributed by atoms with van der Waals surface area (Å²) in [6.45, 7) is 1.58. The van der Waals surface area contributed by atoms with Gasteiger partial charge in [-0.2, -0.15) is 0 Å². The average molecular weight is 435 g/mol. The van der Waals surface area contributed by atoms with Crippen molar-refractivity contribution in [3.05, 3.63) is 81.9 Å². The number of halogens is 5. The van der Waals surface area contributed by atoms with E-state index in [4.69, 9.17) is 16.0 Å². The Bertz CT molecular complexity index is 1320. The van der Waals surface area contributed by atoms with Gasteiger partial charge >= 0.3 is 0 Å². The molecule has 3 aromatic carbocycles. The lowest BCUT2D eigenvalue weighted by Crippen LogP contribution is -2.14. The van der Waals surface area contributed by atoms with E-state index in [1.807, 2.05) is 0 Å². The van der Waals surface area contributed by atoms with E-state index in [-0.39, 0.29) is 28.3 Å². The minimum absolute atomic E-state index is 0.0222. The topological polar surface area (TPSA) is 55.1 Å². The van der Waals surface area contributed by atoms with Crippen molar-refractivity contribution in [1.29, 1.82) is 0 Å². The second-order valence-corrected chi connectivity index (χ2v) is 6.81. The van der Waals surface area contributed by atoms with Crippen LogP contribution in [0.2, 0.25) is 5.02 Å². The van der Waals surface area contributed by atoms with Crippen LogP contribution in [0.3, 0.4) is 0 Å². The highest BCUT2D eigenvalue weighted by Gasteiger charge is 2.20. The van der Waals surface area contributed by atoms with E-state index in [1.54, 1.807) is 6.92 Å². The van der Waals surface area contributed by atoms with E-state index in [0.717, 1.165) is 30.3 Å². The Morgan fingerprint density at radius 3 is 2.57 bits per heavy atom. The van der Waals surface area contributed by atoms with Gasteiger partial charge in [0.25, 0.3) is 5.91 Å². The summed E-state index contributed by atoms with van der Waals surface area (Å²) in [5.41, 5.74) is 0.873. The highest BCUT2D eigenvalue weighted by molar-refractivity contribution is 6.34. The molecule has 0 saturated heterocycles. The average Bonchev–Trinajstić information content (AvgIpc) is 3.11. The van der Waals surface area contributed by atoms with Gasteiger partial charge in [-0.15, -0.1) is 0 Å². The number of rotatable bonds is 3. The number of amides is 1. The van der Waals surface area contributed by atoms with Crippen LogP contribution in [0.15, 0.2) is 46.9 Å². The molecule has 0 aliphatic carbocycles. The third-order valence-corrected chi connectivity index (χ3v) is 4.85. The SMILES string of the molecule is Cc1c(NC(=O)c2ccc(F)c(F)c2Cl)cc(F)cc1-c1nc2ccc(F)cc2o1. The number of anilines is 1. The minimum atomic E-state index is -1.36. The number of benzene rings is 3. The molecule has 1 aromatic heterocycles. The van der Waals surface area contributed by atoms with Crippen molar-refractivity contribution in [3.8, 4) is 11.5 Å². The summed E-state index contributed by atoms with van der Waals surface area (Å²) in [6, 6.07) is 7.75. The molecule has 30 heavy (non-hydrogen) atoms. The molecule has 4 nitrogen and oxygen atoms in total. The Labute approximate surface area is 172 Å². The third-order valence-electron chi connectivity index (χ3n) is 4.48. The zero-order valence-electron chi connectivity index (χ0n) is 15.2. The maximum atomic E-state index is 14.2. The van der Waals surface area contributed by atoms with Crippen LogP contribution >= 0.6 is 11.6 Å². The van der Waals surface area contributed by atoms with Gasteiger partial charge in [-0.05, 0) is 48.9 Å². The first-order chi connectivity index (χ1) is 14.2. The van der Waals surface area contributed by atoms with Gasteiger partial charge < -0.3 is 9.73 Å². The molecule has 0 aliphatic heterocycles. The third kappa shape index (κ3) is 3.50. The molecule has 0 saturated carbocycles. The highest BCUT2D eigenvalue weighted by Crippen LogP contribution is 2.32. The molecule has 152 valence electrons. The van der Waals surface area contributed by atoms with E-state index in [2.05, 4.69) is 10.3 Å². The monoisotopic (exact) mass is 434 g/mol. The van der Waals surface area contributed by atoms with Crippen molar-refractivity contribution in [2.75, 3.05) is 5.32 Å². The molecule has 0 atom stereocenters. The van der Waals surface area contributed by atoms with Crippen LogP contribution in [0, 0.1) is 30.2 Å². The maximum absolute atomic E-state index is 14.2. The smallest absolute Gasteiger partial charge is 0.257 e. The van der Waals surface area contributed by atoms with Crippen LogP contribution in [0.4, 0.5) is 23.2 Å². The zero-order valence-corrected chi connectivity index (χ0v) is 16.0. The summed E-state index contributed by atoms with van der Waals surface area (Å²) in [7, 11) is 0. The first kappa shape index (κ1) is 19.9. The lowest BCUT2D eigenvalue weighted by Gasteiger charge is -2.12. The maximum Gasteiger partial charge on any atom is 0.257 e. The van der Waals surface area contributed by atoms with E-state index in [1.165, 1.54) is 12.1 Å². The van der Waals surface area contributed by atoms with Crippen molar-refractivity contribution in [1.82, 2.24) is 4.98 Å². The Kier molecular flexibility index (Phi) is 4.95. The normalized spacial score (nSPS) is 11.1. The van der Waals surface area contributed by atoms with E-state index >= 15 is 0 Å². The molecule has 0 fully saturated rings. The standard InChI is InChI=1S/C21H11ClF4N2O2/c1-9-13(21-28-15-5-2-10(23)8-17(15)30-21)6-11(24)7-16(9)27-20(29)12-3-4-14(25)19(26)18(12)22/h2-8H,1H3,(H,27,29). The molecule has 0 radical (unpaired) electrons. The van der Waals surface area contributed by atoms with Crippen molar-refractivity contribution in [2.24, 2.45) is 0 Å². The predicted molar refractivity (Wildman–Crippen MR) is 103 cm³/mol. The van der Waals surface area contributed by atoms with Crippen molar-refractivity contribution >= 4 is 34.3 Å². The summed E-state index contributed by atoms with van der Waals surface area (Å²) in [4.78, 5) is 16.7. The first-order valence-corrected chi connectivity index (χ1v) is 8.94. The number of fused-ring (bicyclic) bond motifs is 1. The highest BCUT2D eigenvalue weighted by atomic mass is 35.5. The molecular weight excluding hydrogens is 424 g/mol. The van der Waals surface area contributed by atoms with Crippen LogP contribution < -0.4 is 5.32 Å². The Hall–Kier alpha value is -3.39. The van der Waals surface area contributed by atoms with Crippen LogP contribution in [0.5, 0.6) is 0 Å². The first-order valence-electron chi connectivity index (χ1n) is 8.56. The fourth-order valence-corrected chi connectivity index (χ4v) is 3.17. The quantitative estimate of drug-likeness (QED) is 0.305. The fourth-order valence-electron chi connectivity index (χ4n) is 2.94. The molecule has 1 amide bonds. The summed E-state index contributed by atoms with van der Waals surface area (Å²) in [5, 5.41) is 1.73. The number of hydrogen-bond acceptors (Lipinski definition) is 3. The summed E-state index contributed by atoms with van der Waals surface area (Å²) in [6.07, 6.45) is 0. The summed E-state index contributed by atoms with van der Waals surface area (Å²) in [5.74, 6) is -4.63. The Balaban J connectivity index is 1.74. The minimum Gasteiger partial charge on any atom is -0.436 e. The van der Waals surface area contributed by atoms with Crippen molar-refractivity contribution in [2.45, 2.75) is 6.92 Å². The number of hydrogen-bond donors (Lipinski definition) is 1. The number of carbonyl (C=O) groups excluding carboxylic acids is 1. The van der Waals surface area contributed by atoms with Crippen molar-refractivity contribution < 1.29 is 26.8 Å². The van der Waals surface area contributed by atoms with Gasteiger partial charge in [0, 0.05) is 17.3 Å². The lowest BCUT2D eigenvalue weighted by atomic mass is 10.1. The molecular formula is C21H11ClF4N2O2. The van der Waals surface area contributed by atoms with Gasteiger partial charge in [-0.25, -0.2) is 22.5 Å². The Morgan fingerprint density at radius 1 is 1.03 bits per heavy atom. The molecule has 9 heteroatoms. The number of aromatic nitrogens is 1. The number of nitrogens with zero attached hydrogens (tertiary/aromatic N) is 1. The lowest BCUT2D eigenvalue weighted by molar-refractivity contribution is 0.102. The van der Waals surface area contributed by atoms with E-state index in [0.29, 0.717) is 11.1 Å². The van der Waals surface area contributed by atoms with Gasteiger partial charge in [-0.1, -0.05) is 11.6 Å². The number of carbonyl (C=O) groups is 1. The summed E-state index contributed by atoms with van der Waals surface area (Å²) >= 11 is 5.71. The van der Waals surface area contributed by atoms with Gasteiger partial charge in [-0.3, -0.25) is 4.79 Å². The molecule has 1 heterocycles. The van der Waals surface area contributed by atoms with Crippen molar-refractivity contribution in [3.63, 3.8) is 0 Å². The van der Waals surface area contributed by atoms with Crippen LogP contribution in [0.25, 0.3) is 22.6 Å². The molecule has 4 aromatic rings. The van der Waals surface area contributed by atoms with Crippen LogP contribution in [-0.4, -0.2) is 10.9 Å². The van der Waals surface area contributed by atoms with Gasteiger partial charge in [0.05, 0.1) is 10.6 Å². The predicted octanol–water partition coefficient (Wildman–Crippen LogP) is 6.27. The molecule has 1 N–H and O–H groups in total. The molecule has 0 aliphatic rings. The van der Waals surface area contributed by atoms with Crippen LogP contribution in [0.1, 0.15) is 15.9 Å². The van der Waals surface area contributed by atoms with Gasteiger partial charge in [0.1, 0.15) is 17.2 Å². The molecule has 0 spiro atoms. The second kappa shape index (κ2) is 7.46. The molecule has 0 bridgehead atoms. The molecule has 4 rings (SSSR count). The number of nitrogens with one attached hydrogen (secondary N) is 1. The van der Waals surface area contributed by atoms with Gasteiger partial charge in [0.15, 0.2) is 17.2 Å². The van der Waals surface area contributed by atoms with E-state index in [9.17, 15) is 22.4 Å². The zero-order chi connectivity index (χ0) is 21.6.